The van der Waals surface area contributed by atoms with Gasteiger partial charge in [0.1, 0.15) is 5.76 Å². The molecule has 4 nitrogen and oxygen atoms in total. The second kappa shape index (κ2) is 3.73. The lowest BCUT2D eigenvalue weighted by Crippen LogP contribution is -2.39. The van der Waals surface area contributed by atoms with E-state index in [9.17, 15) is 9.59 Å². The van der Waals surface area contributed by atoms with Crippen LogP contribution in [0.1, 0.15) is 12.7 Å². The largest absolute Gasteiger partial charge is 0.469 e. The predicted octanol–water partition coefficient (Wildman–Crippen LogP) is 1.14. The van der Waals surface area contributed by atoms with Gasteiger partial charge in [-0.1, -0.05) is 0 Å². The van der Waals surface area contributed by atoms with E-state index >= 15 is 0 Å². The topological polar surface area (TPSA) is 50.5 Å². The zero-order valence-electron chi connectivity index (χ0n) is 8.34. The SMILES string of the molecule is CC(Cc1ccco1)N1C(=O)C=CC1=O. The van der Waals surface area contributed by atoms with Crippen LogP contribution < -0.4 is 0 Å². The maximum atomic E-state index is 11.3. The smallest absolute Gasteiger partial charge is 0.253 e. The highest BCUT2D eigenvalue weighted by Gasteiger charge is 2.28. The van der Waals surface area contributed by atoms with Crippen LogP contribution in [0.15, 0.2) is 35.0 Å². The van der Waals surface area contributed by atoms with E-state index in [0.717, 1.165) is 5.76 Å². The van der Waals surface area contributed by atoms with Crippen LogP contribution >= 0.6 is 0 Å². The van der Waals surface area contributed by atoms with Gasteiger partial charge in [-0.2, -0.15) is 0 Å². The van der Waals surface area contributed by atoms with Crippen LogP contribution in [0.4, 0.5) is 0 Å². The van der Waals surface area contributed by atoms with E-state index in [1.54, 1.807) is 12.3 Å². The molecule has 1 aromatic heterocycles. The van der Waals surface area contributed by atoms with Gasteiger partial charge < -0.3 is 4.42 Å². The molecule has 1 atom stereocenters. The first-order chi connectivity index (χ1) is 7.18. The monoisotopic (exact) mass is 205 g/mol. The summed E-state index contributed by atoms with van der Waals surface area (Å²) in [5.41, 5.74) is 0. The van der Waals surface area contributed by atoms with E-state index in [4.69, 9.17) is 4.42 Å². The fraction of sp³-hybridized carbons (Fsp3) is 0.273. The summed E-state index contributed by atoms with van der Waals surface area (Å²) in [6.07, 6.45) is 4.71. The van der Waals surface area contributed by atoms with Gasteiger partial charge in [0.25, 0.3) is 11.8 Å². The van der Waals surface area contributed by atoms with Crippen LogP contribution in [-0.2, 0) is 16.0 Å². The van der Waals surface area contributed by atoms with Crippen molar-refractivity contribution in [3.63, 3.8) is 0 Å². The average Bonchev–Trinajstić information content (AvgIpc) is 2.77. The number of hydrogen-bond donors (Lipinski definition) is 0. The molecule has 2 rings (SSSR count). The molecule has 1 aliphatic heterocycles. The zero-order valence-corrected chi connectivity index (χ0v) is 8.34. The highest BCUT2D eigenvalue weighted by atomic mass is 16.3. The lowest BCUT2D eigenvalue weighted by molar-refractivity contribution is -0.139. The van der Waals surface area contributed by atoms with Crippen molar-refractivity contribution in [2.45, 2.75) is 19.4 Å². The third-order valence-corrected chi connectivity index (χ3v) is 2.36. The number of amides is 2. The molecule has 0 radical (unpaired) electrons. The minimum atomic E-state index is -0.251. The minimum Gasteiger partial charge on any atom is -0.469 e. The molecule has 0 saturated heterocycles. The average molecular weight is 205 g/mol. The van der Waals surface area contributed by atoms with E-state index in [-0.39, 0.29) is 17.9 Å². The summed E-state index contributed by atoms with van der Waals surface area (Å²) in [6, 6.07) is 3.44. The van der Waals surface area contributed by atoms with Gasteiger partial charge in [0.05, 0.1) is 6.26 Å². The van der Waals surface area contributed by atoms with Crippen molar-refractivity contribution in [3.05, 3.63) is 36.3 Å². The van der Waals surface area contributed by atoms with Crippen molar-refractivity contribution in [1.82, 2.24) is 4.90 Å². The molecular formula is C11H11NO3. The molecule has 0 saturated carbocycles. The summed E-state index contributed by atoms with van der Waals surface area (Å²) in [7, 11) is 0. The summed E-state index contributed by atoms with van der Waals surface area (Å²) in [4.78, 5) is 23.9. The molecular weight excluding hydrogens is 194 g/mol. The Hall–Kier alpha value is -1.84. The number of rotatable bonds is 3. The summed E-state index contributed by atoms with van der Waals surface area (Å²) >= 11 is 0. The lowest BCUT2D eigenvalue weighted by atomic mass is 10.1. The Labute approximate surface area is 87.2 Å². The maximum Gasteiger partial charge on any atom is 0.253 e. The second-order valence-electron chi connectivity index (χ2n) is 3.51. The lowest BCUT2D eigenvalue weighted by Gasteiger charge is -2.21. The summed E-state index contributed by atoms with van der Waals surface area (Å²) in [6.45, 7) is 1.82. The number of furan rings is 1. The van der Waals surface area contributed by atoms with Gasteiger partial charge in [-0.25, -0.2) is 0 Å². The highest BCUT2D eigenvalue weighted by Crippen LogP contribution is 2.13. The van der Waals surface area contributed by atoms with Gasteiger partial charge in [-0.05, 0) is 19.1 Å². The Morgan fingerprint density at radius 1 is 1.33 bits per heavy atom. The molecule has 0 aliphatic carbocycles. The van der Waals surface area contributed by atoms with Crippen LogP contribution in [0.2, 0.25) is 0 Å². The molecule has 0 bridgehead atoms. The second-order valence-corrected chi connectivity index (χ2v) is 3.51. The first-order valence-electron chi connectivity index (χ1n) is 4.76. The molecule has 2 amide bonds. The highest BCUT2D eigenvalue weighted by molar-refractivity contribution is 6.13. The van der Waals surface area contributed by atoms with Crippen molar-refractivity contribution in [2.75, 3.05) is 0 Å². The van der Waals surface area contributed by atoms with Gasteiger partial charge in [0, 0.05) is 24.6 Å². The van der Waals surface area contributed by atoms with E-state index in [2.05, 4.69) is 0 Å². The van der Waals surface area contributed by atoms with Crippen LogP contribution in [0, 0.1) is 0 Å². The standard InChI is InChI=1S/C11H11NO3/c1-8(7-9-3-2-6-15-9)12-10(13)4-5-11(12)14/h2-6,8H,7H2,1H3. The van der Waals surface area contributed by atoms with Gasteiger partial charge >= 0.3 is 0 Å². The molecule has 78 valence electrons. The van der Waals surface area contributed by atoms with E-state index in [1.165, 1.54) is 17.1 Å². The number of imide groups is 1. The predicted molar refractivity (Wildman–Crippen MR) is 52.9 cm³/mol. The number of nitrogens with zero attached hydrogens (tertiary/aromatic N) is 1. The molecule has 0 N–H and O–H groups in total. The number of carbonyl (C=O) groups is 2. The van der Waals surface area contributed by atoms with Crippen molar-refractivity contribution in [3.8, 4) is 0 Å². The fourth-order valence-electron chi connectivity index (χ4n) is 1.66. The third-order valence-electron chi connectivity index (χ3n) is 2.36. The fourth-order valence-corrected chi connectivity index (χ4v) is 1.66. The van der Waals surface area contributed by atoms with Crippen LogP contribution in [0.5, 0.6) is 0 Å². The van der Waals surface area contributed by atoms with Crippen molar-refractivity contribution in [1.29, 1.82) is 0 Å². The quantitative estimate of drug-likeness (QED) is 0.695. The summed E-state index contributed by atoms with van der Waals surface area (Å²) in [5, 5.41) is 0. The molecule has 15 heavy (non-hydrogen) atoms. The van der Waals surface area contributed by atoms with E-state index in [0.29, 0.717) is 6.42 Å². The Morgan fingerprint density at radius 2 is 2.00 bits per heavy atom. The van der Waals surface area contributed by atoms with Gasteiger partial charge in [0.2, 0.25) is 0 Å². The summed E-state index contributed by atoms with van der Waals surface area (Å²) < 4.78 is 5.16. The molecule has 2 heterocycles. The zero-order chi connectivity index (χ0) is 10.8. The minimum absolute atomic E-state index is 0.175. The summed E-state index contributed by atoms with van der Waals surface area (Å²) in [5.74, 6) is 0.271. The Bertz CT molecular complexity index is 387. The Kier molecular flexibility index (Phi) is 2.41. The molecule has 0 spiro atoms. The number of carbonyl (C=O) groups excluding carboxylic acids is 2. The maximum absolute atomic E-state index is 11.3. The van der Waals surface area contributed by atoms with Crippen molar-refractivity contribution in [2.24, 2.45) is 0 Å². The normalized spacial score (nSPS) is 17.5. The first-order valence-corrected chi connectivity index (χ1v) is 4.76. The van der Waals surface area contributed by atoms with Gasteiger partial charge in [-0.15, -0.1) is 0 Å². The molecule has 1 aromatic rings. The molecule has 0 aromatic carbocycles. The van der Waals surface area contributed by atoms with Crippen LogP contribution in [0.3, 0.4) is 0 Å². The molecule has 1 aliphatic rings. The van der Waals surface area contributed by atoms with Gasteiger partial charge in [-0.3, -0.25) is 14.5 Å². The van der Waals surface area contributed by atoms with Crippen molar-refractivity contribution < 1.29 is 14.0 Å². The molecule has 1 unspecified atom stereocenters. The van der Waals surface area contributed by atoms with Gasteiger partial charge in [0.15, 0.2) is 0 Å². The first kappa shape index (κ1) is 9.71. The van der Waals surface area contributed by atoms with E-state index in [1.807, 2.05) is 13.0 Å². The molecule has 0 fully saturated rings. The van der Waals surface area contributed by atoms with Crippen LogP contribution in [-0.4, -0.2) is 22.8 Å². The van der Waals surface area contributed by atoms with Crippen LogP contribution in [0.25, 0.3) is 0 Å². The third kappa shape index (κ3) is 1.83. The number of hydrogen-bond acceptors (Lipinski definition) is 3. The van der Waals surface area contributed by atoms with Crippen molar-refractivity contribution >= 4 is 11.8 Å². The Morgan fingerprint density at radius 3 is 2.53 bits per heavy atom. The Balaban J connectivity index is 2.05. The van der Waals surface area contributed by atoms with E-state index < -0.39 is 0 Å². The molecule has 4 heteroatoms.